The fraction of sp³-hybridized carbons (Fsp3) is 0.500. The number of methoxy groups -OCH3 is 1. The Hall–Kier alpha value is -2.04. The highest BCUT2D eigenvalue weighted by atomic mass is 35.5. The molecule has 2 fully saturated rings. The van der Waals surface area contributed by atoms with Gasteiger partial charge in [-0.3, -0.25) is 0 Å². The summed E-state index contributed by atoms with van der Waals surface area (Å²) in [5.41, 5.74) is 3.03. The van der Waals surface area contributed by atoms with Gasteiger partial charge in [-0.25, -0.2) is 4.98 Å². The van der Waals surface area contributed by atoms with Crippen LogP contribution in [0.5, 0.6) is 5.75 Å². The number of anilines is 1. The van der Waals surface area contributed by atoms with E-state index in [0.717, 1.165) is 51.7 Å². The summed E-state index contributed by atoms with van der Waals surface area (Å²) in [6, 6.07) is 12.9. The van der Waals surface area contributed by atoms with Crippen LogP contribution >= 0.6 is 11.6 Å². The van der Waals surface area contributed by atoms with Gasteiger partial charge in [0.1, 0.15) is 5.75 Å². The Balaban J connectivity index is 1.35. The van der Waals surface area contributed by atoms with Crippen LogP contribution in [0, 0.1) is 5.92 Å². The van der Waals surface area contributed by atoms with Gasteiger partial charge in [0, 0.05) is 28.4 Å². The van der Waals surface area contributed by atoms with E-state index in [-0.39, 0.29) is 0 Å². The molecule has 0 radical (unpaired) electrons. The van der Waals surface area contributed by atoms with Crippen LogP contribution in [0.2, 0.25) is 5.02 Å². The van der Waals surface area contributed by atoms with Gasteiger partial charge >= 0.3 is 0 Å². The summed E-state index contributed by atoms with van der Waals surface area (Å²) < 4.78 is 5.48. The summed E-state index contributed by atoms with van der Waals surface area (Å²) in [4.78, 5) is 7.60. The van der Waals surface area contributed by atoms with Crippen molar-refractivity contribution in [1.82, 2.24) is 9.88 Å². The van der Waals surface area contributed by atoms with Crippen LogP contribution in [-0.4, -0.2) is 42.7 Å². The van der Waals surface area contributed by atoms with Crippen LogP contribution in [0.1, 0.15) is 44.9 Å². The third kappa shape index (κ3) is 4.33. The van der Waals surface area contributed by atoms with Gasteiger partial charge in [-0.05, 0) is 93.9 Å². The third-order valence-corrected chi connectivity index (χ3v) is 7.46. The second-order valence-corrected chi connectivity index (χ2v) is 9.54. The zero-order chi connectivity index (χ0) is 21.2. The van der Waals surface area contributed by atoms with Crippen LogP contribution in [0.15, 0.2) is 36.4 Å². The highest BCUT2D eigenvalue weighted by Gasteiger charge is 2.32. The molecule has 0 aliphatic carbocycles. The molecule has 0 spiro atoms. The molecule has 164 valence electrons. The third-order valence-electron chi connectivity index (χ3n) is 7.23. The van der Waals surface area contributed by atoms with Crippen LogP contribution in [0.3, 0.4) is 0 Å². The zero-order valence-electron chi connectivity index (χ0n) is 18.4. The predicted molar refractivity (Wildman–Crippen MR) is 130 cm³/mol. The van der Waals surface area contributed by atoms with Crippen molar-refractivity contribution in [2.45, 2.75) is 51.0 Å². The van der Waals surface area contributed by atoms with Crippen LogP contribution in [0.4, 0.5) is 5.69 Å². The minimum atomic E-state index is 0.716. The summed E-state index contributed by atoms with van der Waals surface area (Å²) in [5, 5.41) is 6.69. The molecule has 2 aromatic carbocycles. The minimum Gasteiger partial charge on any atom is -0.497 e. The molecule has 2 saturated heterocycles. The number of benzene rings is 2. The minimum absolute atomic E-state index is 0.716. The number of pyridine rings is 1. The number of hydrogen-bond donors (Lipinski definition) is 1. The number of aromatic nitrogens is 1. The number of nitrogens with one attached hydrogen (secondary N) is 1. The van der Waals surface area contributed by atoms with Crippen LogP contribution in [-0.2, 0) is 0 Å². The number of halogens is 1. The lowest BCUT2D eigenvalue weighted by Gasteiger charge is -2.44. The van der Waals surface area contributed by atoms with Gasteiger partial charge in [0.2, 0.25) is 0 Å². The lowest BCUT2D eigenvalue weighted by molar-refractivity contribution is 0.0553. The molecule has 0 amide bonds. The molecule has 3 aromatic rings. The summed E-state index contributed by atoms with van der Waals surface area (Å²) >= 11 is 6.25. The van der Waals surface area contributed by atoms with Crippen LogP contribution in [0.25, 0.3) is 21.8 Å². The van der Waals surface area contributed by atoms with Gasteiger partial charge in [-0.2, -0.15) is 0 Å². The van der Waals surface area contributed by atoms with E-state index in [4.69, 9.17) is 21.3 Å². The first-order chi connectivity index (χ1) is 15.2. The quantitative estimate of drug-likeness (QED) is 0.352. The lowest BCUT2D eigenvalue weighted by atomic mass is 9.81. The van der Waals surface area contributed by atoms with Gasteiger partial charge < -0.3 is 15.0 Å². The number of hydrogen-bond acceptors (Lipinski definition) is 4. The number of nitrogens with zero attached hydrogens (tertiary/aromatic N) is 2. The second kappa shape index (κ2) is 9.22. The van der Waals surface area contributed by atoms with E-state index in [1.54, 1.807) is 7.11 Å². The summed E-state index contributed by atoms with van der Waals surface area (Å²) in [6.07, 6.45) is 9.48. The summed E-state index contributed by atoms with van der Waals surface area (Å²) in [7, 11) is 1.71. The Morgan fingerprint density at radius 3 is 2.84 bits per heavy atom. The average molecular weight is 438 g/mol. The molecule has 2 unspecified atom stereocenters. The second-order valence-electron chi connectivity index (χ2n) is 9.10. The first kappa shape index (κ1) is 20.8. The molecule has 2 atom stereocenters. The average Bonchev–Trinajstić information content (AvgIpc) is 2.80. The molecule has 4 nitrogen and oxygen atoms in total. The first-order valence-corrected chi connectivity index (χ1v) is 12.2. The van der Waals surface area contributed by atoms with E-state index in [0.29, 0.717) is 5.02 Å². The van der Waals surface area contributed by atoms with Crippen molar-refractivity contribution >= 4 is 39.1 Å². The van der Waals surface area contributed by atoms with Gasteiger partial charge in [-0.15, -0.1) is 0 Å². The summed E-state index contributed by atoms with van der Waals surface area (Å²) in [6.45, 7) is 3.61. The number of fused-ring (bicyclic) bond motifs is 3. The summed E-state index contributed by atoms with van der Waals surface area (Å²) in [5.74, 6) is 1.71. The fourth-order valence-electron chi connectivity index (χ4n) is 5.71. The van der Waals surface area contributed by atoms with E-state index in [1.807, 2.05) is 24.3 Å². The monoisotopic (exact) mass is 437 g/mol. The molecule has 5 rings (SSSR count). The zero-order valence-corrected chi connectivity index (χ0v) is 19.1. The van der Waals surface area contributed by atoms with Crippen molar-refractivity contribution < 1.29 is 4.74 Å². The van der Waals surface area contributed by atoms with Crippen molar-refractivity contribution in [3.8, 4) is 5.75 Å². The first-order valence-electron chi connectivity index (χ1n) is 11.8. The van der Waals surface area contributed by atoms with E-state index in [1.165, 1.54) is 58.0 Å². The maximum atomic E-state index is 6.25. The standard InChI is InChI=1S/C26H32ClN3O/c1-31-20-10-12-23-22(17-20)26(21-11-9-19(27)16-24(21)29-23)28-13-4-6-18-7-5-15-30-14-3-2-8-25(18)30/h9-12,16-18,25H,2-8,13-15H2,1H3,(H,28,29). The normalized spacial score (nSPS) is 21.9. The molecule has 3 heterocycles. The van der Waals surface area contributed by atoms with E-state index in [9.17, 15) is 0 Å². The Morgan fingerprint density at radius 1 is 1.03 bits per heavy atom. The van der Waals surface area contributed by atoms with Crippen molar-refractivity contribution in [3.63, 3.8) is 0 Å². The fourth-order valence-corrected chi connectivity index (χ4v) is 5.87. The molecule has 1 N–H and O–H groups in total. The Morgan fingerprint density at radius 2 is 1.94 bits per heavy atom. The highest BCUT2D eigenvalue weighted by molar-refractivity contribution is 6.31. The van der Waals surface area contributed by atoms with E-state index in [2.05, 4.69) is 22.3 Å². The lowest BCUT2D eigenvalue weighted by Crippen LogP contribution is -2.47. The highest BCUT2D eigenvalue weighted by Crippen LogP contribution is 2.36. The smallest absolute Gasteiger partial charge is 0.119 e. The molecule has 0 bridgehead atoms. The molecular formula is C26H32ClN3O. The van der Waals surface area contributed by atoms with Crippen molar-refractivity contribution in [2.75, 3.05) is 32.1 Å². The van der Waals surface area contributed by atoms with Gasteiger partial charge in [0.05, 0.1) is 23.8 Å². The van der Waals surface area contributed by atoms with Crippen molar-refractivity contribution in [1.29, 1.82) is 0 Å². The molecule has 0 saturated carbocycles. The molecule has 31 heavy (non-hydrogen) atoms. The maximum absolute atomic E-state index is 6.25. The topological polar surface area (TPSA) is 37.4 Å². The largest absolute Gasteiger partial charge is 0.497 e. The Bertz CT molecular complexity index is 1070. The van der Waals surface area contributed by atoms with Crippen molar-refractivity contribution in [2.24, 2.45) is 5.92 Å². The predicted octanol–water partition coefficient (Wildman–Crippen LogP) is 6.51. The Kier molecular flexibility index (Phi) is 6.20. The van der Waals surface area contributed by atoms with E-state index < -0.39 is 0 Å². The maximum Gasteiger partial charge on any atom is 0.119 e. The van der Waals surface area contributed by atoms with Gasteiger partial charge in [-0.1, -0.05) is 18.0 Å². The van der Waals surface area contributed by atoms with Gasteiger partial charge in [0.15, 0.2) is 0 Å². The SMILES string of the molecule is COc1ccc2nc3cc(Cl)ccc3c(NCCCC3CCCN4CCCCC34)c2c1. The Labute approximate surface area is 189 Å². The van der Waals surface area contributed by atoms with Crippen molar-refractivity contribution in [3.05, 3.63) is 41.4 Å². The molecule has 2 aliphatic heterocycles. The number of ether oxygens (including phenoxy) is 1. The molecule has 5 heteroatoms. The van der Waals surface area contributed by atoms with Crippen LogP contribution < -0.4 is 10.1 Å². The molecule has 2 aliphatic rings. The molecule has 1 aromatic heterocycles. The molecular weight excluding hydrogens is 406 g/mol. The number of piperidine rings is 2. The van der Waals surface area contributed by atoms with Gasteiger partial charge in [0.25, 0.3) is 0 Å². The number of rotatable bonds is 6. The van der Waals surface area contributed by atoms with E-state index >= 15 is 0 Å².